The minimum Gasteiger partial charge on any atom is -0.481 e. The smallest absolute Gasteiger partial charge is 0.309 e. The Labute approximate surface area is 121 Å². The highest BCUT2D eigenvalue weighted by Gasteiger charge is 2.45. The van der Waals surface area contributed by atoms with E-state index in [0.717, 1.165) is 32.1 Å². The first-order valence-corrected chi connectivity index (χ1v) is 7.63. The number of hydrogen-bond donors (Lipinski definition) is 1. The van der Waals surface area contributed by atoms with Crippen LogP contribution in [0.3, 0.4) is 0 Å². The van der Waals surface area contributed by atoms with Crippen LogP contribution in [0.4, 0.5) is 0 Å². The first-order chi connectivity index (χ1) is 9.17. The summed E-state index contributed by atoms with van der Waals surface area (Å²) >= 11 is 0. The van der Waals surface area contributed by atoms with E-state index in [2.05, 4.69) is 0 Å². The maximum absolute atomic E-state index is 11.6. The number of carbonyl (C=O) groups excluding carboxylic acids is 1. The van der Waals surface area contributed by atoms with E-state index in [4.69, 9.17) is 4.74 Å². The van der Waals surface area contributed by atoms with Crippen molar-refractivity contribution in [3.8, 4) is 0 Å². The molecule has 1 atom stereocenters. The summed E-state index contributed by atoms with van der Waals surface area (Å²) in [5.41, 5.74) is -1.01. The van der Waals surface area contributed by atoms with E-state index in [1.165, 1.54) is 0 Å². The molecule has 0 radical (unpaired) electrons. The van der Waals surface area contributed by atoms with Crippen LogP contribution in [0.2, 0.25) is 0 Å². The molecule has 1 aliphatic carbocycles. The average Bonchev–Trinajstić information content (AvgIpc) is 2.76. The fourth-order valence-corrected chi connectivity index (χ4v) is 3.14. The van der Waals surface area contributed by atoms with Crippen LogP contribution in [0.1, 0.15) is 72.6 Å². The van der Waals surface area contributed by atoms with E-state index in [-0.39, 0.29) is 11.9 Å². The fraction of sp³-hybridized carbons (Fsp3) is 0.875. The van der Waals surface area contributed by atoms with Gasteiger partial charge in [-0.15, -0.1) is 0 Å². The average molecular weight is 284 g/mol. The van der Waals surface area contributed by atoms with E-state index in [0.29, 0.717) is 12.8 Å². The molecule has 20 heavy (non-hydrogen) atoms. The number of esters is 1. The van der Waals surface area contributed by atoms with Crippen LogP contribution in [-0.2, 0) is 14.3 Å². The van der Waals surface area contributed by atoms with Gasteiger partial charge in [-0.05, 0) is 52.4 Å². The molecular formula is C16H28O4. The molecule has 1 aliphatic rings. The summed E-state index contributed by atoms with van der Waals surface area (Å²) in [6, 6.07) is 0. The summed E-state index contributed by atoms with van der Waals surface area (Å²) in [4.78, 5) is 23.2. The molecule has 0 amide bonds. The zero-order valence-corrected chi connectivity index (χ0v) is 13.2. The van der Waals surface area contributed by atoms with Crippen molar-refractivity contribution in [2.45, 2.75) is 78.2 Å². The molecule has 0 aromatic rings. The number of ether oxygens (including phenoxy) is 1. The van der Waals surface area contributed by atoms with E-state index in [9.17, 15) is 14.7 Å². The maximum Gasteiger partial charge on any atom is 0.309 e. The molecule has 4 heteroatoms. The summed E-state index contributed by atoms with van der Waals surface area (Å²) < 4.78 is 5.26. The second-order valence-electron chi connectivity index (χ2n) is 7.05. The molecular weight excluding hydrogens is 256 g/mol. The van der Waals surface area contributed by atoms with Crippen molar-refractivity contribution in [3.63, 3.8) is 0 Å². The molecule has 0 unspecified atom stereocenters. The highest BCUT2D eigenvalue weighted by molar-refractivity contribution is 5.75. The zero-order chi connectivity index (χ0) is 15.4. The van der Waals surface area contributed by atoms with Gasteiger partial charge in [-0.1, -0.05) is 19.8 Å². The lowest BCUT2D eigenvalue weighted by Crippen LogP contribution is -2.34. The second kappa shape index (κ2) is 6.59. The number of rotatable bonds is 6. The van der Waals surface area contributed by atoms with Crippen molar-refractivity contribution in [1.29, 1.82) is 0 Å². The van der Waals surface area contributed by atoms with E-state index >= 15 is 0 Å². The van der Waals surface area contributed by atoms with Crippen molar-refractivity contribution in [2.24, 2.45) is 11.3 Å². The molecule has 1 N–H and O–H groups in total. The van der Waals surface area contributed by atoms with Crippen LogP contribution in [0.5, 0.6) is 0 Å². The first-order valence-electron chi connectivity index (χ1n) is 7.63. The lowest BCUT2D eigenvalue weighted by molar-refractivity contribution is -0.155. The summed E-state index contributed by atoms with van der Waals surface area (Å²) in [7, 11) is 0. The van der Waals surface area contributed by atoms with Crippen molar-refractivity contribution >= 4 is 11.9 Å². The van der Waals surface area contributed by atoms with Gasteiger partial charge < -0.3 is 9.84 Å². The minimum absolute atomic E-state index is 0.116. The van der Waals surface area contributed by atoms with Crippen LogP contribution in [0, 0.1) is 11.3 Å². The third-order valence-electron chi connectivity index (χ3n) is 4.30. The Hall–Kier alpha value is -1.06. The highest BCUT2D eigenvalue weighted by Crippen LogP contribution is 2.46. The highest BCUT2D eigenvalue weighted by atomic mass is 16.6. The van der Waals surface area contributed by atoms with Gasteiger partial charge in [-0.2, -0.15) is 0 Å². The third-order valence-corrected chi connectivity index (χ3v) is 4.30. The topological polar surface area (TPSA) is 63.6 Å². The van der Waals surface area contributed by atoms with Crippen molar-refractivity contribution < 1.29 is 19.4 Å². The molecule has 0 aromatic heterocycles. The van der Waals surface area contributed by atoms with Crippen LogP contribution < -0.4 is 0 Å². The SMILES string of the molecule is C[C@H](CCCC(=O)OC(C)(C)C)C1(C(=O)O)CCCC1. The Morgan fingerprint density at radius 2 is 1.80 bits per heavy atom. The van der Waals surface area contributed by atoms with E-state index in [1.54, 1.807) is 0 Å². The van der Waals surface area contributed by atoms with E-state index < -0.39 is 17.0 Å². The minimum atomic E-state index is -0.667. The van der Waals surface area contributed by atoms with Gasteiger partial charge in [0.05, 0.1) is 5.41 Å². The molecule has 0 aromatic carbocycles. The van der Waals surface area contributed by atoms with Gasteiger partial charge in [0.15, 0.2) is 0 Å². The zero-order valence-electron chi connectivity index (χ0n) is 13.2. The number of carboxylic acids is 1. The van der Waals surface area contributed by atoms with Gasteiger partial charge >= 0.3 is 11.9 Å². The molecule has 1 rings (SSSR count). The molecule has 0 heterocycles. The Morgan fingerprint density at radius 3 is 2.25 bits per heavy atom. The normalized spacial score (nSPS) is 19.6. The predicted octanol–water partition coefficient (Wildman–Crippen LogP) is 3.78. The van der Waals surface area contributed by atoms with Crippen LogP contribution in [-0.4, -0.2) is 22.6 Å². The third kappa shape index (κ3) is 4.50. The molecule has 0 saturated heterocycles. The molecule has 4 nitrogen and oxygen atoms in total. The monoisotopic (exact) mass is 284 g/mol. The Morgan fingerprint density at radius 1 is 1.25 bits per heavy atom. The fourth-order valence-electron chi connectivity index (χ4n) is 3.14. The number of carboxylic acid groups (broad SMARTS) is 1. The summed E-state index contributed by atoms with van der Waals surface area (Å²) in [6.45, 7) is 7.57. The van der Waals surface area contributed by atoms with Crippen molar-refractivity contribution in [3.05, 3.63) is 0 Å². The first kappa shape index (κ1) is 17.0. The maximum atomic E-state index is 11.6. The molecule has 0 aliphatic heterocycles. The standard InChI is InChI=1S/C16H28O4/c1-12(16(14(18)19)10-5-6-11-16)8-7-9-13(17)20-15(2,3)4/h12H,5-11H2,1-4H3,(H,18,19)/t12-/m1/s1. The molecule has 1 fully saturated rings. The molecule has 1 saturated carbocycles. The van der Waals surface area contributed by atoms with Gasteiger partial charge in [-0.25, -0.2) is 0 Å². The van der Waals surface area contributed by atoms with Crippen molar-refractivity contribution in [2.75, 3.05) is 0 Å². The summed E-state index contributed by atoms with van der Waals surface area (Å²) in [6.07, 6.45) is 5.39. The van der Waals surface area contributed by atoms with Gasteiger partial charge in [0.1, 0.15) is 5.60 Å². The second-order valence-corrected chi connectivity index (χ2v) is 7.05. The number of hydrogen-bond acceptors (Lipinski definition) is 3. The van der Waals surface area contributed by atoms with Crippen LogP contribution in [0.15, 0.2) is 0 Å². The molecule has 116 valence electrons. The number of carbonyl (C=O) groups is 2. The summed E-state index contributed by atoms with van der Waals surface area (Å²) in [5, 5.41) is 9.50. The lowest BCUT2D eigenvalue weighted by Gasteiger charge is -2.31. The Balaban J connectivity index is 2.41. The summed E-state index contributed by atoms with van der Waals surface area (Å²) in [5.74, 6) is -0.745. The molecule has 0 spiro atoms. The predicted molar refractivity (Wildman–Crippen MR) is 77.4 cm³/mol. The van der Waals surface area contributed by atoms with Gasteiger partial charge in [0, 0.05) is 6.42 Å². The quantitative estimate of drug-likeness (QED) is 0.754. The van der Waals surface area contributed by atoms with Crippen molar-refractivity contribution in [1.82, 2.24) is 0 Å². The van der Waals surface area contributed by atoms with Gasteiger partial charge in [0.2, 0.25) is 0 Å². The largest absolute Gasteiger partial charge is 0.481 e. The van der Waals surface area contributed by atoms with Crippen LogP contribution >= 0.6 is 0 Å². The van der Waals surface area contributed by atoms with Gasteiger partial charge in [0.25, 0.3) is 0 Å². The lowest BCUT2D eigenvalue weighted by atomic mass is 9.73. The van der Waals surface area contributed by atoms with Gasteiger partial charge in [-0.3, -0.25) is 9.59 Å². The molecule has 0 bridgehead atoms. The Kier molecular flexibility index (Phi) is 5.60. The van der Waals surface area contributed by atoms with Crippen LogP contribution in [0.25, 0.3) is 0 Å². The van der Waals surface area contributed by atoms with E-state index in [1.807, 2.05) is 27.7 Å². The number of aliphatic carboxylic acids is 1. The Bertz CT molecular complexity index is 348.